The van der Waals surface area contributed by atoms with Crippen LogP contribution in [-0.4, -0.2) is 23.4 Å². The minimum Gasteiger partial charge on any atom is -0.392 e. The third-order valence-electron chi connectivity index (χ3n) is 4.75. The molecule has 2 aliphatic rings. The molecule has 2 N–H and O–H groups in total. The molecule has 0 saturated heterocycles. The summed E-state index contributed by atoms with van der Waals surface area (Å²) in [6, 6.07) is 0. The molecule has 3 atom stereocenters. The summed E-state index contributed by atoms with van der Waals surface area (Å²) < 4.78 is 0. The van der Waals surface area contributed by atoms with Gasteiger partial charge in [-0.25, -0.2) is 0 Å². The zero-order chi connectivity index (χ0) is 12.5. The lowest BCUT2D eigenvalue weighted by Crippen LogP contribution is -1.98. The van der Waals surface area contributed by atoms with Crippen molar-refractivity contribution < 1.29 is 10.2 Å². The highest BCUT2D eigenvalue weighted by molar-refractivity contribution is 5.24. The van der Waals surface area contributed by atoms with Gasteiger partial charge in [0.25, 0.3) is 0 Å². The third kappa shape index (κ3) is 2.48. The van der Waals surface area contributed by atoms with Crippen molar-refractivity contribution in [2.75, 3.05) is 13.2 Å². The molecule has 2 heteroatoms. The van der Waals surface area contributed by atoms with Crippen molar-refractivity contribution in [2.24, 2.45) is 17.3 Å². The van der Waals surface area contributed by atoms with Gasteiger partial charge < -0.3 is 10.2 Å². The quantitative estimate of drug-likeness (QED) is 0.720. The molecule has 0 aromatic carbocycles. The second kappa shape index (κ2) is 4.95. The van der Waals surface area contributed by atoms with Gasteiger partial charge in [0.1, 0.15) is 0 Å². The van der Waals surface area contributed by atoms with E-state index in [0.29, 0.717) is 11.3 Å². The van der Waals surface area contributed by atoms with Crippen molar-refractivity contribution in [1.29, 1.82) is 0 Å². The maximum Gasteiger partial charge on any atom is 0.0641 e. The Hall–Kier alpha value is -0.600. The Kier molecular flexibility index (Phi) is 3.74. The highest BCUT2D eigenvalue weighted by Crippen LogP contribution is 2.66. The van der Waals surface area contributed by atoms with Gasteiger partial charge in [-0.15, -0.1) is 0 Å². The van der Waals surface area contributed by atoms with E-state index in [1.807, 2.05) is 6.92 Å². The van der Waals surface area contributed by atoms with Crippen molar-refractivity contribution in [2.45, 2.75) is 39.5 Å². The molecule has 0 bridgehead atoms. The van der Waals surface area contributed by atoms with Crippen molar-refractivity contribution >= 4 is 0 Å². The van der Waals surface area contributed by atoms with Gasteiger partial charge in [0.2, 0.25) is 0 Å². The normalized spacial score (nSPS) is 36.5. The number of aliphatic hydroxyl groups excluding tert-OH is 2. The molecule has 2 rings (SSSR count). The van der Waals surface area contributed by atoms with Crippen LogP contribution in [0.3, 0.4) is 0 Å². The van der Waals surface area contributed by atoms with Gasteiger partial charge in [0, 0.05) is 0 Å². The Labute approximate surface area is 104 Å². The fraction of sp³-hybridized carbons (Fsp3) is 0.733. The molecule has 0 spiro atoms. The molecule has 0 aromatic rings. The van der Waals surface area contributed by atoms with Crippen LogP contribution in [0.25, 0.3) is 0 Å². The Balaban J connectivity index is 1.89. The van der Waals surface area contributed by atoms with Gasteiger partial charge in [-0.2, -0.15) is 0 Å². The van der Waals surface area contributed by atoms with Crippen LogP contribution < -0.4 is 0 Å². The fourth-order valence-corrected chi connectivity index (χ4v) is 3.37. The molecule has 96 valence electrons. The molecule has 1 fully saturated rings. The first-order valence-corrected chi connectivity index (χ1v) is 6.68. The third-order valence-corrected chi connectivity index (χ3v) is 4.75. The second-order valence-corrected chi connectivity index (χ2v) is 5.91. The maximum absolute atomic E-state index is 9.17. The summed E-state index contributed by atoms with van der Waals surface area (Å²) in [6.45, 7) is 4.77. The van der Waals surface area contributed by atoms with E-state index in [0.717, 1.165) is 24.3 Å². The summed E-state index contributed by atoms with van der Waals surface area (Å²) in [6.07, 6.45) is 9.07. The molecular formula is C15H24O2. The van der Waals surface area contributed by atoms with Crippen molar-refractivity contribution in [3.8, 4) is 0 Å². The van der Waals surface area contributed by atoms with Crippen molar-refractivity contribution in [3.05, 3.63) is 23.3 Å². The first-order valence-electron chi connectivity index (χ1n) is 6.68. The van der Waals surface area contributed by atoms with Crippen LogP contribution in [0.4, 0.5) is 0 Å². The second-order valence-electron chi connectivity index (χ2n) is 5.91. The highest BCUT2D eigenvalue weighted by Gasteiger charge is 2.59. The molecule has 0 aliphatic heterocycles. The largest absolute Gasteiger partial charge is 0.392 e. The topological polar surface area (TPSA) is 40.5 Å². The van der Waals surface area contributed by atoms with Gasteiger partial charge >= 0.3 is 0 Å². The lowest BCUT2D eigenvalue weighted by Gasteiger charge is -2.09. The van der Waals surface area contributed by atoms with E-state index < -0.39 is 0 Å². The van der Waals surface area contributed by atoms with Crippen LogP contribution in [0.1, 0.15) is 39.5 Å². The minimum atomic E-state index is 0.179. The maximum atomic E-state index is 9.17. The van der Waals surface area contributed by atoms with E-state index >= 15 is 0 Å². The van der Waals surface area contributed by atoms with Gasteiger partial charge in [-0.3, -0.25) is 0 Å². The summed E-state index contributed by atoms with van der Waals surface area (Å²) in [5.41, 5.74) is 2.75. The monoisotopic (exact) mass is 236 g/mol. The average Bonchev–Trinajstić information content (AvgIpc) is 2.94. The number of rotatable bonds is 5. The number of allylic oxidation sites excluding steroid dienone is 2. The van der Waals surface area contributed by atoms with Crippen LogP contribution in [0.15, 0.2) is 23.3 Å². The molecule has 2 aliphatic carbocycles. The van der Waals surface area contributed by atoms with E-state index in [2.05, 4.69) is 19.1 Å². The van der Waals surface area contributed by atoms with E-state index in [4.69, 9.17) is 5.11 Å². The molecule has 0 amide bonds. The number of hydrogen-bond donors (Lipinski definition) is 2. The number of hydrogen-bond acceptors (Lipinski definition) is 2. The SMILES string of the molecule is CC(=CCC[C@@]1(C)[C@H]2C=C(CO)CC[C@@H]21)CO. The minimum absolute atomic E-state index is 0.179. The summed E-state index contributed by atoms with van der Waals surface area (Å²) >= 11 is 0. The Morgan fingerprint density at radius 3 is 2.94 bits per heavy atom. The standard InChI is InChI=1S/C15H24O2/c1-11(9-16)4-3-7-15(2)13-6-5-12(10-17)8-14(13)15/h4,8,13-14,16-17H,3,5-7,9-10H2,1-2H3/t13-,14-,15+/m0/s1. The van der Waals surface area contributed by atoms with Crippen molar-refractivity contribution in [1.82, 2.24) is 0 Å². The van der Waals surface area contributed by atoms with Crippen LogP contribution >= 0.6 is 0 Å². The first kappa shape index (κ1) is 12.8. The number of aliphatic hydroxyl groups is 2. The number of fused-ring (bicyclic) bond motifs is 1. The summed E-state index contributed by atoms with van der Waals surface area (Å²) in [4.78, 5) is 0. The Morgan fingerprint density at radius 1 is 1.53 bits per heavy atom. The summed E-state index contributed by atoms with van der Waals surface area (Å²) in [5, 5.41) is 18.1. The molecule has 1 saturated carbocycles. The van der Waals surface area contributed by atoms with Crippen molar-refractivity contribution in [3.63, 3.8) is 0 Å². The zero-order valence-electron chi connectivity index (χ0n) is 10.9. The molecule has 2 nitrogen and oxygen atoms in total. The van der Waals surface area contributed by atoms with E-state index in [1.54, 1.807) is 0 Å². The van der Waals surface area contributed by atoms with Crippen LogP contribution in [0.2, 0.25) is 0 Å². The van der Waals surface area contributed by atoms with Gasteiger partial charge in [-0.1, -0.05) is 24.6 Å². The van der Waals surface area contributed by atoms with E-state index in [-0.39, 0.29) is 13.2 Å². The van der Waals surface area contributed by atoms with Crippen LogP contribution in [0, 0.1) is 17.3 Å². The Bertz CT molecular complexity index is 343. The lowest BCUT2D eigenvalue weighted by atomic mass is 9.96. The average molecular weight is 236 g/mol. The smallest absolute Gasteiger partial charge is 0.0641 e. The van der Waals surface area contributed by atoms with Gasteiger partial charge in [0.15, 0.2) is 0 Å². The van der Waals surface area contributed by atoms with Gasteiger partial charge in [0.05, 0.1) is 13.2 Å². The summed E-state index contributed by atoms with van der Waals surface area (Å²) in [5.74, 6) is 1.53. The fourth-order valence-electron chi connectivity index (χ4n) is 3.37. The zero-order valence-corrected chi connectivity index (χ0v) is 10.9. The van der Waals surface area contributed by atoms with E-state index in [9.17, 15) is 5.11 Å². The predicted molar refractivity (Wildman–Crippen MR) is 69.6 cm³/mol. The summed E-state index contributed by atoms with van der Waals surface area (Å²) in [7, 11) is 0. The predicted octanol–water partition coefficient (Wildman–Crippen LogP) is 2.67. The van der Waals surface area contributed by atoms with Crippen LogP contribution in [0.5, 0.6) is 0 Å². The molecule has 0 unspecified atom stereocenters. The van der Waals surface area contributed by atoms with E-state index in [1.165, 1.54) is 18.4 Å². The Morgan fingerprint density at radius 2 is 2.29 bits per heavy atom. The molecule has 17 heavy (non-hydrogen) atoms. The highest BCUT2D eigenvalue weighted by atomic mass is 16.3. The van der Waals surface area contributed by atoms with Gasteiger partial charge in [-0.05, 0) is 55.4 Å². The van der Waals surface area contributed by atoms with Crippen LogP contribution in [-0.2, 0) is 0 Å². The first-order chi connectivity index (χ1) is 8.11. The molecule has 0 radical (unpaired) electrons. The molecular weight excluding hydrogens is 212 g/mol. The lowest BCUT2D eigenvalue weighted by molar-refractivity contribution is 0.322. The molecule has 0 heterocycles. The molecule has 0 aromatic heterocycles.